The summed E-state index contributed by atoms with van der Waals surface area (Å²) in [6, 6.07) is 2.18. The molecule has 21 heavy (non-hydrogen) atoms. The van der Waals surface area contributed by atoms with Crippen molar-refractivity contribution in [2.24, 2.45) is 5.92 Å². The van der Waals surface area contributed by atoms with E-state index >= 15 is 0 Å². The lowest BCUT2D eigenvalue weighted by Gasteiger charge is -2.27. The second-order valence-corrected chi connectivity index (χ2v) is 5.75. The zero-order valence-electron chi connectivity index (χ0n) is 12.6. The lowest BCUT2D eigenvalue weighted by Crippen LogP contribution is -2.32. The van der Waals surface area contributed by atoms with Gasteiger partial charge in [0.25, 0.3) is 5.91 Å². The van der Waals surface area contributed by atoms with E-state index in [0.29, 0.717) is 12.5 Å². The van der Waals surface area contributed by atoms with Gasteiger partial charge in [0.2, 0.25) is 0 Å². The Balaban J connectivity index is 2.08. The topological polar surface area (TPSA) is 32.3 Å². The number of hydrogen-bond donors (Lipinski definition) is 1. The van der Waals surface area contributed by atoms with Crippen LogP contribution in [-0.4, -0.2) is 31.4 Å². The molecule has 116 valence electrons. The van der Waals surface area contributed by atoms with Gasteiger partial charge in [-0.05, 0) is 30.9 Å². The summed E-state index contributed by atoms with van der Waals surface area (Å²) in [7, 11) is 3.14. The molecule has 0 unspecified atom stereocenters. The number of hydrogen-bond acceptors (Lipinski definition) is 2. The number of nitrogens with zero attached hydrogens (tertiary/aromatic N) is 1. The number of amides is 1. The number of carbonyl (C=O) groups is 1. The zero-order valence-corrected chi connectivity index (χ0v) is 12.6. The molecule has 1 N–H and O–H groups in total. The van der Waals surface area contributed by atoms with Crippen LogP contribution in [0.25, 0.3) is 0 Å². The first kappa shape index (κ1) is 15.7. The SMILES string of the molecule is CNc1c(F)cc(C(=O)N(C)CC2CCCCC2)cc1F. The molecule has 0 heterocycles. The Morgan fingerprint density at radius 3 is 2.33 bits per heavy atom. The summed E-state index contributed by atoms with van der Waals surface area (Å²) in [4.78, 5) is 13.9. The van der Waals surface area contributed by atoms with E-state index in [9.17, 15) is 13.6 Å². The van der Waals surface area contributed by atoms with Crippen LogP contribution in [0.4, 0.5) is 14.5 Å². The maximum atomic E-state index is 13.7. The van der Waals surface area contributed by atoms with Crippen LogP contribution in [0.15, 0.2) is 12.1 Å². The highest BCUT2D eigenvalue weighted by Gasteiger charge is 2.21. The number of nitrogens with one attached hydrogen (secondary N) is 1. The molecule has 1 amide bonds. The largest absolute Gasteiger partial charge is 0.383 e. The molecule has 1 aromatic rings. The molecule has 0 spiro atoms. The van der Waals surface area contributed by atoms with Gasteiger partial charge in [-0.15, -0.1) is 0 Å². The molecule has 0 saturated heterocycles. The molecular weight excluding hydrogens is 274 g/mol. The third kappa shape index (κ3) is 3.71. The van der Waals surface area contributed by atoms with E-state index in [4.69, 9.17) is 0 Å². The Bertz CT molecular complexity index is 490. The minimum Gasteiger partial charge on any atom is -0.383 e. The highest BCUT2D eigenvalue weighted by Crippen LogP contribution is 2.25. The van der Waals surface area contributed by atoms with Crippen molar-refractivity contribution in [1.82, 2.24) is 4.90 Å². The van der Waals surface area contributed by atoms with Crippen molar-refractivity contribution < 1.29 is 13.6 Å². The standard InChI is InChI=1S/C16H22F2N2O/c1-19-15-13(17)8-12(9-14(15)18)16(21)20(2)10-11-6-4-3-5-7-11/h8-9,11,19H,3-7,10H2,1-2H3. The molecule has 0 atom stereocenters. The van der Waals surface area contributed by atoms with Crippen molar-refractivity contribution in [3.05, 3.63) is 29.3 Å². The van der Waals surface area contributed by atoms with Crippen LogP contribution < -0.4 is 5.32 Å². The van der Waals surface area contributed by atoms with Crippen LogP contribution in [-0.2, 0) is 0 Å². The van der Waals surface area contributed by atoms with Crippen molar-refractivity contribution >= 4 is 11.6 Å². The van der Waals surface area contributed by atoms with Gasteiger partial charge in [-0.25, -0.2) is 8.78 Å². The molecule has 3 nitrogen and oxygen atoms in total. The number of carbonyl (C=O) groups excluding carboxylic acids is 1. The molecule has 0 aromatic heterocycles. The number of benzene rings is 1. The average molecular weight is 296 g/mol. The van der Waals surface area contributed by atoms with E-state index in [1.165, 1.54) is 26.3 Å². The van der Waals surface area contributed by atoms with Crippen LogP contribution in [0.3, 0.4) is 0 Å². The Kier molecular flexibility index (Phi) is 5.15. The van der Waals surface area contributed by atoms with Crippen molar-refractivity contribution in [3.8, 4) is 0 Å². The van der Waals surface area contributed by atoms with Gasteiger partial charge in [0, 0.05) is 26.2 Å². The monoisotopic (exact) mass is 296 g/mol. The van der Waals surface area contributed by atoms with Gasteiger partial charge in [0.05, 0.1) is 0 Å². The molecular formula is C16H22F2N2O. The minimum absolute atomic E-state index is 0.0577. The summed E-state index contributed by atoms with van der Waals surface area (Å²) >= 11 is 0. The fourth-order valence-electron chi connectivity index (χ4n) is 3.00. The lowest BCUT2D eigenvalue weighted by atomic mass is 9.89. The lowest BCUT2D eigenvalue weighted by molar-refractivity contribution is 0.0759. The van der Waals surface area contributed by atoms with E-state index in [0.717, 1.165) is 25.0 Å². The molecule has 1 aliphatic rings. The Hall–Kier alpha value is -1.65. The van der Waals surface area contributed by atoms with Crippen LogP contribution >= 0.6 is 0 Å². The maximum Gasteiger partial charge on any atom is 0.253 e. The van der Waals surface area contributed by atoms with E-state index in [-0.39, 0.29) is 17.2 Å². The smallest absolute Gasteiger partial charge is 0.253 e. The van der Waals surface area contributed by atoms with Crippen LogP contribution in [0, 0.1) is 17.6 Å². The van der Waals surface area contributed by atoms with Crippen molar-refractivity contribution in [2.75, 3.05) is 26.0 Å². The zero-order chi connectivity index (χ0) is 15.4. The fourth-order valence-corrected chi connectivity index (χ4v) is 3.00. The van der Waals surface area contributed by atoms with Crippen LogP contribution in [0.1, 0.15) is 42.5 Å². The molecule has 5 heteroatoms. The predicted molar refractivity (Wildman–Crippen MR) is 79.4 cm³/mol. The Labute approximate surface area is 124 Å². The van der Waals surface area contributed by atoms with Gasteiger partial charge in [0.1, 0.15) is 17.3 Å². The first-order valence-corrected chi connectivity index (χ1v) is 7.45. The van der Waals surface area contributed by atoms with Crippen molar-refractivity contribution in [1.29, 1.82) is 0 Å². The normalized spacial score (nSPS) is 15.8. The Morgan fingerprint density at radius 1 is 1.24 bits per heavy atom. The third-order valence-electron chi connectivity index (χ3n) is 4.14. The maximum absolute atomic E-state index is 13.7. The summed E-state index contributed by atoms with van der Waals surface area (Å²) in [6.07, 6.45) is 5.91. The highest BCUT2D eigenvalue weighted by molar-refractivity contribution is 5.94. The minimum atomic E-state index is -0.744. The molecule has 0 aliphatic heterocycles. The highest BCUT2D eigenvalue weighted by atomic mass is 19.1. The van der Waals surface area contributed by atoms with Gasteiger partial charge >= 0.3 is 0 Å². The molecule has 1 aromatic carbocycles. The second kappa shape index (κ2) is 6.87. The Morgan fingerprint density at radius 2 is 1.81 bits per heavy atom. The number of halogens is 2. The molecule has 1 fully saturated rings. The van der Waals surface area contributed by atoms with Gasteiger partial charge in [0.15, 0.2) is 0 Å². The van der Waals surface area contributed by atoms with Crippen LogP contribution in [0.2, 0.25) is 0 Å². The van der Waals surface area contributed by atoms with Crippen LogP contribution in [0.5, 0.6) is 0 Å². The van der Waals surface area contributed by atoms with E-state index < -0.39 is 11.6 Å². The number of anilines is 1. The molecule has 1 saturated carbocycles. The van der Waals surface area contributed by atoms with Crippen molar-refractivity contribution in [2.45, 2.75) is 32.1 Å². The first-order chi connectivity index (χ1) is 10.0. The van der Waals surface area contributed by atoms with E-state index in [2.05, 4.69) is 5.32 Å². The van der Waals surface area contributed by atoms with Gasteiger partial charge in [-0.3, -0.25) is 4.79 Å². The molecule has 0 bridgehead atoms. The van der Waals surface area contributed by atoms with Gasteiger partial charge < -0.3 is 10.2 Å². The summed E-state index contributed by atoms with van der Waals surface area (Å²) < 4.78 is 27.4. The molecule has 2 rings (SSSR count). The fraction of sp³-hybridized carbons (Fsp3) is 0.562. The quantitative estimate of drug-likeness (QED) is 0.919. The summed E-state index contributed by atoms with van der Waals surface area (Å²) in [5, 5.41) is 2.45. The van der Waals surface area contributed by atoms with E-state index in [1.807, 2.05) is 0 Å². The van der Waals surface area contributed by atoms with E-state index in [1.54, 1.807) is 11.9 Å². The summed E-state index contributed by atoms with van der Waals surface area (Å²) in [5.74, 6) is -1.32. The first-order valence-electron chi connectivity index (χ1n) is 7.45. The van der Waals surface area contributed by atoms with Crippen molar-refractivity contribution in [3.63, 3.8) is 0 Å². The second-order valence-electron chi connectivity index (χ2n) is 5.75. The van der Waals surface area contributed by atoms with Gasteiger partial charge in [-0.2, -0.15) is 0 Å². The predicted octanol–water partition coefficient (Wildman–Crippen LogP) is 3.66. The molecule has 0 radical (unpaired) electrons. The summed E-state index contributed by atoms with van der Waals surface area (Å²) in [5.41, 5.74) is -0.149. The van der Waals surface area contributed by atoms with Gasteiger partial charge in [-0.1, -0.05) is 19.3 Å². The summed E-state index contributed by atoms with van der Waals surface area (Å²) in [6.45, 7) is 0.649. The molecule has 1 aliphatic carbocycles. The average Bonchev–Trinajstić information content (AvgIpc) is 2.47. The number of rotatable bonds is 4. The third-order valence-corrected chi connectivity index (χ3v) is 4.14.